The molecule has 1 aromatic heterocycles. The number of guanidine groups is 1. The number of aryl methyl sites for hydroxylation is 1. The molecule has 1 saturated heterocycles. The van der Waals surface area contributed by atoms with Crippen LogP contribution < -0.4 is 15.4 Å². The van der Waals surface area contributed by atoms with Gasteiger partial charge in [-0.2, -0.15) is 0 Å². The normalized spacial score (nSPS) is 16.4. The van der Waals surface area contributed by atoms with Crippen molar-refractivity contribution >= 4 is 17.3 Å². The van der Waals surface area contributed by atoms with Gasteiger partial charge in [0.15, 0.2) is 5.96 Å². The molecule has 1 aliphatic rings. The predicted octanol–water partition coefficient (Wildman–Crippen LogP) is 3.06. The standard InChI is InChI=1S/C22H32N4O2S/c1-4-19-9-10-20(29-19)15-24-22(23-2)25-16-21(26-11-13-28-14-12-26)17-5-7-18(27-3)8-6-17/h5-10,21H,4,11-16H2,1-3H3,(H2,23,24,25). The number of rotatable bonds is 8. The first-order valence-corrected chi connectivity index (χ1v) is 11.0. The van der Waals surface area contributed by atoms with E-state index in [9.17, 15) is 0 Å². The van der Waals surface area contributed by atoms with Crippen LogP contribution in [0.2, 0.25) is 0 Å². The van der Waals surface area contributed by atoms with Gasteiger partial charge in [0.2, 0.25) is 0 Å². The summed E-state index contributed by atoms with van der Waals surface area (Å²) >= 11 is 1.85. The Balaban J connectivity index is 1.62. The van der Waals surface area contributed by atoms with E-state index in [1.807, 2.05) is 30.5 Å². The van der Waals surface area contributed by atoms with Crippen LogP contribution in [0.25, 0.3) is 0 Å². The summed E-state index contributed by atoms with van der Waals surface area (Å²) in [5.41, 5.74) is 1.27. The lowest BCUT2D eigenvalue weighted by atomic mass is 10.0. The van der Waals surface area contributed by atoms with E-state index in [-0.39, 0.29) is 6.04 Å². The summed E-state index contributed by atoms with van der Waals surface area (Å²) in [5.74, 6) is 1.70. The fraction of sp³-hybridized carbons (Fsp3) is 0.500. The first kappa shape index (κ1) is 21.6. The van der Waals surface area contributed by atoms with Crippen LogP contribution in [0, 0.1) is 0 Å². The molecule has 0 saturated carbocycles. The number of morpholine rings is 1. The highest BCUT2D eigenvalue weighted by Crippen LogP contribution is 2.23. The van der Waals surface area contributed by atoms with Crippen LogP contribution in [0.15, 0.2) is 41.4 Å². The number of nitrogens with one attached hydrogen (secondary N) is 2. The van der Waals surface area contributed by atoms with Crippen LogP contribution >= 0.6 is 11.3 Å². The summed E-state index contributed by atoms with van der Waals surface area (Å²) in [6.07, 6.45) is 1.08. The van der Waals surface area contributed by atoms with E-state index < -0.39 is 0 Å². The van der Waals surface area contributed by atoms with Gasteiger partial charge in [-0.15, -0.1) is 11.3 Å². The van der Waals surface area contributed by atoms with E-state index in [0.29, 0.717) is 0 Å². The fourth-order valence-corrected chi connectivity index (χ4v) is 4.36. The maximum Gasteiger partial charge on any atom is 0.191 e. The van der Waals surface area contributed by atoms with Gasteiger partial charge in [-0.1, -0.05) is 19.1 Å². The molecule has 7 heteroatoms. The number of hydrogen-bond donors (Lipinski definition) is 2. The molecular formula is C22H32N4O2S. The number of thiophene rings is 1. The third-order valence-corrected chi connectivity index (χ3v) is 6.40. The van der Waals surface area contributed by atoms with Gasteiger partial charge >= 0.3 is 0 Å². The zero-order valence-electron chi connectivity index (χ0n) is 17.6. The predicted molar refractivity (Wildman–Crippen MR) is 120 cm³/mol. The lowest BCUT2D eigenvalue weighted by Gasteiger charge is -2.35. The summed E-state index contributed by atoms with van der Waals surface area (Å²) < 4.78 is 10.9. The molecule has 2 heterocycles. The Morgan fingerprint density at radius 2 is 1.86 bits per heavy atom. The van der Waals surface area contributed by atoms with Crippen molar-refractivity contribution in [2.75, 3.05) is 47.0 Å². The van der Waals surface area contributed by atoms with Crippen molar-refractivity contribution in [2.24, 2.45) is 4.99 Å². The van der Waals surface area contributed by atoms with Crippen molar-refractivity contribution < 1.29 is 9.47 Å². The Bertz CT molecular complexity index is 769. The van der Waals surface area contributed by atoms with Crippen molar-refractivity contribution in [1.82, 2.24) is 15.5 Å². The fourth-order valence-electron chi connectivity index (χ4n) is 3.47. The molecule has 1 fully saturated rings. The lowest BCUT2D eigenvalue weighted by Crippen LogP contribution is -2.46. The molecule has 158 valence electrons. The molecule has 2 N–H and O–H groups in total. The topological polar surface area (TPSA) is 58.1 Å². The maximum absolute atomic E-state index is 5.55. The second kappa shape index (κ2) is 11.2. The smallest absolute Gasteiger partial charge is 0.191 e. The number of benzene rings is 1. The number of nitrogens with zero attached hydrogens (tertiary/aromatic N) is 2. The number of hydrogen-bond acceptors (Lipinski definition) is 5. The van der Waals surface area contributed by atoms with Gasteiger partial charge in [0.05, 0.1) is 32.9 Å². The molecule has 1 atom stereocenters. The highest BCUT2D eigenvalue weighted by atomic mass is 32.1. The van der Waals surface area contributed by atoms with Crippen molar-refractivity contribution in [1.29, 1.82) is 0 Å². The Morgan fingerprint density at radius 3 is 2.48 bits per heavy atom. The first-order valence-electron chi connectivity index (χ1n) is 10.2. The van der Waals surface area contributed by atoms with Crippen molar-refractivity contribution in [2.45, 2.75) is 25.9 Å². The minimum absolute atomic E-state index is 0.247. The molecule has 0 spiro atoms. The van der Waals surface area contributed by atoms with Gasteiger partial charge in [-0.05, 0) is 36.2 Å². The lowest BCUT2D eigenvalue weighted by molar-refractivity contribution is 0.0170. The third kappa shape index (κ3) is 6.19. The summed E-state index contributed by atoms with van der Waals surface area (Å²) in [6, 6.07) is 13.0. The third-order valence-electron chi connectivity index (χ3n) is 5.17. The van der Waals surface area contributed by atoms with Crippen LogP contribution in [-0.4, -0.2) is 57.9 Å². The van der Waals surface area contributed by atoms with Crippen LogP contribution in [0.1, 0.15) is 28.3 Å². The van der Waals surface area contributed by atoms with Crippen molar-refractivity contribution in [3.8, 4) is 5.75 Å². The average Bonchev–Trinajstić information content (AvgIpc) is 3.25. The van der Waals surface area contributed by atoms with Gasteiger partial charge < -0.3 is 20.1 Å². The Kier molecular flexibility index (Phi) is 8.34. The molecule has 1 aromatic carbocycles. The number of methoxy groups -OCH3 is 1. The molecule has 0 amide bonds. The molecule has 0 bridgehead atoms. The van der Waals surface area contributed by atoms with E-state index in [1.165, 1.54) is 15.3 Å². The Labute approximate surface area is 177 Å². The molecule has 1 aliphatic heterocycles. The molecule has 1 unspecified atom stereocenters. The molecule has 3 rings (SSSR count). The number of aliphatic imine (C=N–C) groups is 1. The molecule has 2 aromatic rings. The monoisotopic (exact) mass is 416 g/mol. The SMILES string of the molecule is CCc1ccc(CNC(=NC)NCC(c2ccc(OC)cc2)N2CCOCC2)s1. The highest BCUT2D eigenvalue weighted by molar-refractivity contribution is 7.11. The van der Waals surface area contributed by atoms with Gasteiger partial charge in [0, 0.05) is 36.4 Å². The van der Waals surface area contributed by atoms with E-state index in [1.54, 1.807) is 7.11 Å². The van der Waals surface area contributed by atoms with Gasteiger partial charge in [0.1, 0.15) is 5.75 Å². The number of ether oxygens (including phenoxy) is 2. The first-order chi connectivity index (χ1) is 14.2. The van der Waals surface area contributed by atoms with Crippen LogP contribution in [0.4, 0.5) is 0 Å². The molecule has 6 nitrogen and oxygen atoms in total. The quantitative estimate of drug-likeness (QED) is 0.512. The van der Waals surface area contributed by atoms with Crippen molar-refractivity contribution in [3.05, 3.63) is 51.7 Å². The van der Waals surface area contributed by atoms with Gasteiger partial charge in [-0.25, -0.2) is 0 Å². The molecule has 0 aliphatic carbocycles. The minimum atomic E-state index is 0.247. The Hall–Kier alpha value is -2.09. The van der Waals surface area contributed by atoms with Crippen LogP contribution in [-0.2, 0) is 17.7 Å². The second-order valence-corrected chi connectivity index (χ2v) is 8.22. The highest BCUT2D eigenvalue weighted by Gasteiger charge is 2.23. The zero-order chi connectivity index (χ0) is 20.5. The van der Waals surface area contributed by atoms with Gasteiger partial charge in [-0.3, -0.25) is 9.89 Å². The summed E-state index contributed by atoms with van der Waals surface area (Å²) in [5, 5.41) is 6.95. The Morgan fingerprint density at radius 1 is 1.14 bits per heavy atom. The summed E-state index contributed by atoms with van der Waals surface area (Å²) in [4.78, 5) is 9.61. The van der Waals surface area contributed by atoms with E-state index in [2.05, 4.69) is 51.7 Å². The van der Waals surface area contributed by atoms with E-state index in [4.69, 9.17) is 9.47 Å². The van der Waals surface area contributed by atoms with Gasteiger partial charge in [0.25, 0.3) is 0 Å². The van der Waals surface area contributed by atoms with E-state index >= 15 is 0 Å². The van der Waals surface area contributed by atoms with Crippen molar-refractivity contribution in [3.63, 3.8) is 0 Å². The minimum Gasteiger partial charge on any atom is -0.497 e. The van der Waals surface area contributed by atoms with Crippen LogP contribution in [0.5, 0.6) is 5.75 Å². The summed E-state index contributed by atoms with van der Waals surface area (Å²) in [7, 11) is 3.51. The molecule has 0 radical (unpaired) electrons. The van der Waals surface area contributed by atoms with E-state index in [0.717, 1.165) is 57.5 Å². The average molecular weight is 417 g/mol. The summed E-state index contributed by atoms with van der Waals surface area (Å²) in [6.45, 7) is 7.16. The van der Waals surface area contributed by atoms with Crippen LogP contribution in [0.3, 0.4) is 0 Å². The molecule has 29 heavy (non-hydrogen) atoms. The zero-order valence-corrected chi connectivity index (χ0v) is 18.4. The second-order valence-electron chi connectivity index (χ2n) is 6.97. The largest absolute Gasteiger partial charge is 0.497 e. The maximum atomic E-state index is 5.55. The molecular weight excluding hydrogens is 384 g/mol.